The van der Waals surface area contributed by atoms with E-state index in [0.717, 1.165) is 0 Å². The van der Waals surface area contributed by atoms with Crippen molar-refractivity contribution in [1.82, 2.24) is 0 Å². The molecule has 90 valence electrons. The van der Waals surface area contributed by atoms with E-state index < -0.39 is 36.0 Å². The van der Waals surface area contributed by atoms with E-state index in [9.17, 15) is 14.4 Å². The smallest absolute Gasteiger partial charge is 1.00 e. The Kier molecular flexibility index (Phi) is 11.0. The Morgan fingerprint density at radius 2 is 1.56 bits per heavy atom. The van der Waals surface area contributed by atoms with E-state index in [-0.39, 0.29) is 58.0 Å². The molecule has 0 fully saturated rings. The minimum absolute atomic E-state index is 0. The van der Waals surface area contributed by atoms with Gasteiger partial charge in [0, 0.05) is 0 Å². The summed E-state index contributed by atoms with van der Waals surface area (Å²) in [5, 5.41) is 42.6. The first-order chi connectivity index (χ1) is 6.21. The standard InChI is InChI=1S/C6H8O8.Al.Ca.5H/c7-2(8)1-6(14,5(12)13)3(9)4(10)11;;;;;;;/h3,9,14H,1H2,(H,7,8)(H,10,11)(H,12,13);;;;;;;/q;;+2;;;;2*-1. The molecule has 0 radical (unpaired) electrons. The quantitative estimate of drug-likeness (QED) is 0.324. The monoisotopic (exact) mass is 280 g/mol. The summed E-state index contributed by atoms with van der Waals surface area (Å²) in [5.41, 5.74) is -3.22. The topological polar surface area (TPSA) is 152 Å². The Morgan fingerprint density at radius 1 is 1.19 bits per heavy atom. The van der Waals surface area contributed by atoms with Crippen LogP contribution in [0.15, 0.2) is 0 Å². The van der Waals surface area contributed by atoms with Crippen molar-refractivity contribution >= 4 is 73.0 Å². The second-order valence-corrected chi connectivity index (χ2v) is 2.54. The number of carboxylic acids is 3. The van der Waals surface area contributed by atoms with Gasteiger partial charge in [0.1, 0.15) is 0 Å². The third kappa shape index (κ3) is 5.45. The van der Waals surface area contributed by atoms with Gasteiger partial charge < -0.3 is 28.4 Å². The Labute approximate surface area is 133 Å². The average molecular weight is 280 g/mol. The molecule has 0 aromatic heterocycles. The molecule has 0 saturated heterocycles. The van der Waals surface area contributed by atoms with Crippen LogP contribution < -0.4 is 0 Å². The van der Waals surface area contributed by atoms with E-state index in [2.05, 4.69) is 0 Å². The molecule has 0 amide bonds. The maximum Gasteiger partial charge on any atom is 2.00 e. The molecule has 2 unspecified atom stereocenters. The summed E-state index contributed by atoms with van der Waals surface area (Å²) in [4.78, 5) is 30.7. The van der Waals surface area contributed by atoms with Crippen molar-refractivity contribution in [3.8, 4) is 0 Å². The molecular weight excluding hydrogens is 267 g/mol. The SMILES string of the molecule is O=C(O)CC(O)(C(=O)O)C(O)C(=O)O.[AlH3].[Ca+2].[H-].[H-]. The molecule has 0 bridgehead atoms. The second kappa shape index (κ2) is 8.25. The molecule has 2 atom stereocenters. The van der Waals surface area contributed by atoms with Crippen molar-refractivity contribution in [3.05, 3.63) is 0 Å². The van der Waals surface area contributed by atoms with Crippen molar-refractivity contribution < 1.29 is 42.8 Å². The van der Waals surface area contributed by atoms with E-state index in [4.69, 9.17) is 25.5 Å². The number of carboxylic acid groups (broad SMARTS) is 3. The number of hydrogen-bond acceptors (Lipinski definition) is 5. The summed E-state index contributed by atoms with van der Waals surface area (Å²) in [6, 6.07) is 0. The summed E-state index contributed by atoms with van der Waals surface area (Å²) < 4.78 is 0. The van der Waals surface area contributed by atoms with Crippen molar-refractivity contribution in [2.24, 2.45) is 0 Å². The van der Waals surface area contributed by atoms with Gasteiger partial charge >= 0.3 is 55.6 Å². The van der Waals surface area contributed by atoms with Crippen LogP contribution in [0.25, 0.3) is 0 Å². The van der Waals surface area contributed by atoms with E-state index in [1.54, 1.807) is 0 Å². The van der Waals surface area contributed by atoms with Gasteiger partial charge in [-0.15, -0.1) is 0 Å². The van der Waals surface area contributed by atoms with Crippen LogP contribution in [0.3, 0.4) is 0 Å². The van der Waals surface area contributed by atoms with Gasteiger partial charge in [0.2, 0.25) is 5.60 Å². The molecule has 0 aliphatic heterocycles. The number of rotatable bonds is 5. The van der Waals surface area contributed by atoms with E-state index in [0.29, 0.717) is 0 Å². The minimum atomic E-state index is -3.22. The molecule has 5 N–H and O–H groups in total. The molecule has 0 spiro atoms. The van der Waals surface area contributed by atoms with Gasteiger partial charge in [0.05, 0.1) is 6.42 Å². The summed E-state index contributed by atoms with van der Waals surface area (Å²) in [6.45, 7) is 0. The predicted octanol–water partition coefficient (Wildman–Crippen LogP) is -3.62. The molecule has 0 aliphatic rings. The van der Waals surface area contributed by atoms with E-state index in [1.807, 2.05) is 0 Å². The van der Waals surface area contributed by atoms with Crippen LogP contribution in [0.1, 0.15) is 9.27 Å². The van der Waals surface area contributed by atoms with Crippen molar-refractivity contribution in [1.29, 1.82) is 0 Å². The van der Waals surface area contributed by atoms with Crippen LogP contribution in [-0.2, 0) is 14.4 Å². The third-order valence-corrected chi connectivity index (χ3v) is 1.48. The number of aliphatic carboxylic acids is 3. The molecule has 0 aromatic carbocycles. The first-order valence-electron chi connectivity index (χ1n) is 3.30. The fourth-order valence-corrected chi connectivity index (χ4v) is 0.724. The van der Waals surface area contributed by atoms with Crippen LogP contribution in [-0.4, -0.2) is 110 Å². The zero-order valence-electron chi connectivity index (χ0n) is 9.45. The Bertz CT molecular complexity index is 291. The number of hydrogen-bond donors (Lipinski definition) is 5. The van der Waals surface area contributed by atoms with Gasteiger partial charge in [0.25, 0.3) is 0 Å². The molecule has 0 aliphatic carbocycles. The number of aliphatic hydroxyl groups excluding tert-OH is 1. The van der Waals surface area contributed by atoms with Crippen LogP contribution in [0.2, 0.25) is 0 Å². The molecule has 0 rings (SSSR count). The van der Waals surface area contributed by atoms with Crippen LogP contribution in [0.5, 0.6) is 0 Å². The summed E-state index contributed by atoms with van der Waals surface area (Å²) in [7, 11) is 0. The van der Waals surface area contributed by atoms with Crippen molar-refractivity contribution in [2.45, 2.75) is 18.1 Å². The van der Waals surface area contributed by atoms with E-state index in [1.165, 1.54) is 0 Å². The van der Waals surface area contributed by atoms with Crippen molar-refractivity contribution in [2.75, 3.05) is 0 Å². The molecule has 0 aromatic rings. The maximum atomic E-state index is 10.4. The molecular formula is C6H13AlCaO8. The minimum Gasteiger partial charge on any atom is -1.00 e. The second-order valence-electron chi connectivity index (χ2n) is 2.54. The van der Waals surface area contributed by atoms with Crippen molar-refractivity contribution in [3.63, 3.8) is 0 Å². The number of aliphatic hydroxyl groups is 2. The number of carbonyl (C=O) groups is 3. The van der Waals surface area contributed by atoms with Gasteiger partial charge in [0.15, 0.2) is 23.5 Å². The molecule has 0 saturated carbocycles. The predicted molar refractivity (Wildman–Crippen MR) is 56.4 cm³/mol. The zero-order valence-corrected chi connectivity index (χ0v) is 9.66. The largest absolute Gasteiger partial charge is 2.00 e. The third-order valence-electron chi connectivity index (χ3n) is 1.48. The summed E-state index contributed by atoms with van der Waals surface area (Å²) >= 11 is 0. The molecule has 0 heterocycles. The average Bonchev–Trinajstić information content (AvgIpc) is 2.00. The fraction of sp³-hybridized carbons (Fsp3) is 0.500. The first kappa shape index (κ1) is 21.4. The summed E-state index contributed by atoms with van der Waals surface area (Å²) in [5.74, 6) is -5.87. The zero-order chi connectivity index (χ0) is 11.5. The van der Waals surface area contributed by atoms with E-state index >= 15 is 0 Å². The van der Waals surface area contributed by atoms with Crippen LogP contribution >= 0.6 is 0 Å². The van der Waals surface area contributed by atoms with Gasteiger partial charge in [-0.05, 0) is 0 Å². The molecule has 10 heteroatoms. The van der Waals surface area contributed by atoms with Gasteiger partial charge in [-0.1, -0.05) is 0 Å². The van der Waals surface area contributed by atoms with Gasteiger partial charge in [-0.2, -0.15) is 0 Å². The molecule has 8 nitrogen and oxygen atoms in total. The Morgan fingerprint density at radius 3 is 1.75 bits per heavy atom. The summed E-state index contributed by atoms with van der Waals surface area (Å²) in [6.07, 6.45) is -4.11. The first-order valence-corrected chi connectivity index (χ1v) is 3.30. The van der Waals surface area contributed by atoms with Crippen LogP contribution in [0.4, 0.5) is 0 Å². The van der Waals surface area contributed by atoms with Gasteiger partial charge in [-0.3, -0.25) is 4.79 Å². The maximum absolute atomic E-state index is 10.4. The fourth-order valence-electron chi connectivity index (χ4n) is 0.724. The van der Waals surface area contributed by atoms with Crippen LogP contribution in [0, 0.1) is 0 Å². The normalized spacial score (nSPS) is 14.6. The Balaban J connectivity index is -0.000000141. The van der Waals surface area contributed by atoms with Gasteiger partial charge in [-0.25, -0.2) is 9.59 Å². The molecule has 16 heavy (non-hydrogen) atoms. The Hall–Kier alpha value is 0.122.